The Morgan fingerprint density at radius 1 is 1.31 bits per heavy atom. The molecule has 0 amide bonds. The first-order chi connectivity index (χ1) is 12.1. The monoisotopic (exact) mass is 378 g/mol. The number of allylic oxidation sites excluding steroid dienone is 2. The fourth-order valence-corrected chi connectivity index (χ4v) is 5.94. The Balaban J connectivity index is 1.89. The molecule has 2 rings (SSSR count). The van der Waals surface area contributed by atoms with Crippen LogP contribution in [0.25, 0.3) is 0 Å². The van der Waals surface area contributed by atoms with Gasteiger partial charge in [0.15, 0.2) is 8.32 Å². The Labute approximate surface area is 163 Å². The first kappa shape index (κ1) is 21.9. The minimum absolute atomic E-state index is 0.196. The molecule has 2 aliphatic rings. The molecular weight excluding hydrogens is 336 g/mol. The lowest BCUT2D eigenvalue weighted by Gasteiger charge is -2.57. The summed E-state index contributed by atoms with van der Waals surface area (Å²) in [5.74, 6) is 2.01. The Morgan fingerprint density at radius 2 is 2.00 bits per heavy atom. The van der Waals surface area contributed by atoms with Crippen LogP contribution in [-0.2, 0) is 9.16 Å². The van der Waals surface area contributed by atoms with E-state index in [-0.39, 0.29) is 5.41 Å². The third-order valence-corrected chi connectivity index (χ3v) is 12.0. The van der Waals surface area contributed by atoms with E-state index in [1.807, 2.05) is 0 Å². The van der Waals surface area contributed by atoms with Crippen molar-refractivity contribution in [3.8, 4) is 0 Å². The largest absolute Gasteiger partial charge is 0.417 e. The molecule has 0 aromatic rings. The summed E-state index contributed by atoms with van der Waals surface area (Å²) in [6.45, 7) is 22.1. The van der Waals surface area contributed by atoms with Crippen LogP contribution in [0.1, 0.15) is 60.3 Å². The predicted molar refractivity (Wildman–Crippen MR) is 115 cm³/mol. The van der Waals surface area contributed by atoms with E-state index in [1.165, 1.54) is 12.8 Å². The highest BCUT2D eigenvalue weighted by Crippen LogP contribution is 2.64. The summed E-state index contributed by atoms with van der Waals surface area (Å²) in [6, 6.07) is 0. The molecular formula is C23H42O2Si. The number of ether oxygens (including phenoxy) is 1. The number of rotatable bonds is 9. The Bertz CT molecular complexity index is 505. The van der Waals surface area contributed by atoms with Gasteiger partial charge in [0.25, 0.3) is 0 Å². The molecule has 26 heavy (non-hydrogen) atoms. The topological polar surface area (TPSA) is 18.5 Å². The Morgan fingerprint density at radius 3 is 2.58 bits per heavy atom. The van der Waals surface area contributed by atoms with Crippen LogP contribution >= 0.6 is 0 Å². The maximum absolute atomic E-state index is 6.30. The molecule has 3 heteroatoms. The van der Waals surface area contributed by atoms with Crippen LogP contribution < -0.4 is 0 Å². The fourth-order valence-electron chi connectivity index (χ4n) is 4.85. The molecule has 0 radical (unpaired) electrons. The van der Waals surface area contributed by atoms with Crippen molar-refractivity contribution in [3.05, 3.63) is 24.8 Å². The summed E-state index contributed by atoms with van der Waals surface area (Å²) < 4.78 is 12.4. The van der Waals surface area contributed by atoms with E-state index in [0.717, 1.165) is 32.0 Å². The molecule has 1 heterocycles. The van der Waals surface area contributed by atoms with Crippen molar-refractivity contribution in [1.29, 1.82) is 0 Å². The van der Waals surface area contributed by atoms with E-state index in [2.05, 4.69) is 72.5 Å². The first-order valence-electron chi connectivity index (χ1n) is 10.7. The van der Waals surface area contributed by atoms with E-state index in [4.69, 9.17) is 9.16 Å². The quantitative estimate of drug-likeness (QED) is 0.256. The normalized spacial score (nSPS) is 34.7. The van der Waals surface area contributed by atoms with Crippen LogP contribution in [0.5, 0.6) is 0 Å². The van der Waals surface area contributed by atoms with Gasteiger partial charge in [-0.15, -0.1) is 6.58 Å². The predicted octanol–water partition coefficient (Wildman–Crippen LogP) is 6.60. The molecule has 0 N–H and O–H groups in total. The van der Waals surface area contributed by atoms with Gasteiger partial charge >= 0.3 is 0 Å². The fraction of sp³-hybridized carbons (Fsp3) is 0.826. The molecule has 0 bridgehead atoms. The van der Waals surface area contributed by atoms with E-state index in [0.29, 0.717) is 23.0 Å². The molecule has 150 valence electrons. The van der Waals surface area contributed by atoms with Crippen LogP contribution in [0, 0.1) is 23.2 Å². The van der Waals surface area contributed by atoms with E-state index in [9.17, 15) is 0 Å². The minimum Gasteiger partial charge on any atom is -0.417 e. The number of hydrogen-bond donors (Lipinski definition) is 0. The Kier molecular flexibility index (Phi) is 7.01. The second-order valence-electron chi connectivity index (χ2n) is 9.95. The van der Waals surface area contributed by atoms with Gasteiger partial charge in [-0.3, -0.25) is 0 Å². The van der Waals surface area contributed by atoms with Gasteiger partial charge in [0.2, 0.25) is 0 Å². The van der Waals surface area contributed by atoms with Crippen molar-refractivity contribution in [2.45, 2.75) is 84.5 Å². The van der Waals surface area contributed by atoms with Crippen molar-refractivity contribution >= 4 is 8.32 Å². The van der Waals surface area contributed by atoms with Gasteiger partial charge in [-0.1, -0.05) is 52.3 Å². The van der Waals surface area contributed by atoms with Gasteiger partial charge in [-0.2, -0.15) is 0 Å². The van der Waals surface area contributed by atoms with Crippen molar-refractivity contribution in [2.24, 2.45) is 23.2 Å². The van der Waals surface area contributed by atoms with Crippen LogP contribution in [-0.4, -0.2) is 27.6 Å². The smallest absolute Gasteiger partial charge is 0.191 e. The average Bonchev–Trinajstić information content (AvgIpc) is 2.81. The minimum atomic E-state index is -1.61. The zero-order valence-electron chi connectivity index (χ0n) is 18.3. The maximum atomic E-state index is 6.30. The summed E-state index contributed by atoms with van der Waals surface area (Å²) in [5, 5.41) is 0.295. The van der Waals surface area contributed by atoms with Crippen LogP contribution in [0.4, 0.5) is 0 Å². The van der Waals surface area contributed by atoms with Crippen LogP contribution in [0.3, 0.4) is 0 Å². The standard InChI is InChI=1S/C23H42O2Si/c1-9-14-19-20(10-2)23(18(3)24-17-21(19)23)15-12-11-13-16-25-26(7,8)22(4,5)6/h10,12,15,18-21H,2,9,11,13-14,16-17H2,1,3-8H3/b15-12+/t18-,19-,20+,21+,23?/m1/s1. The maximum Gasteiger partial charge on any atom is 0.191 e. The summed E-state index contributed by atoms with van der Waals surface area (Å²) in [4.78, 5) is 0. The third-order valence-electron chi connectivity index (χ3n) is 7.49. The van der Waals surface area contributed by atoms with Gasteiger partial charge < -0.3 is 9.16 Å². The zero-order valence-corrected chi connectivity index (χ0v) is 19.3. The van der Waals surface area contributed by atoms with Gasteiger partial charge in [-0.05, 0) is 62.1 Å². The Hall–Kier alpha value is -0.383. The molecule has 1 saturated heterocycles. The molecule has 1 aliphatic carbocycles. The van der Waals surface area contributed by atoms with Crippen molar-refractivity contribution in [1.82, 2.24) is 0 Å². The third kappa shape index (κ3) is 3.91. The average molecular weight is 379 g/mol. The van der Waals surface area contributed by atoms with Gasteiger partial charge in [0.1, 0.15) is 0 Å². The molecule has 0 aromatic heterocycles. The number of fused-ring (bicyclic) bond motifs is 1. The van der Waals surface area contributed by atoms with Gasteiger partial charge in [-0.25, -0.2) is 0 Å². The summed E-state index contributed by atoms with van der Waals surface area (Å²) in [5.41, 5.74) is 0.196. The lowest BCUT2D eigenvalue weighted by molar-refractivity contribution is -0.0471. The second kappa shape index (κ2) is 8.32. The van der Waals surface area contributed by atoms with Gasteiger partial charge in [0.05, 0.1) is 12.7 Å². The SMILES string of the molecule is C=C[C@H]1[C@@H](CCC)[C@@H]2CO[C@H](C)C12/C=C/CCCO[Si](C)(C)C(C)(C)C. The molecule has 5 atom stereocenters. The van der Waals surface area contributed by atoms with Crippen molar-refractivity contribution < 1.29 is 9.16 Å². The highest BCUT2D eigenvalue weighted by Gasteiger charge is 2.64. The molecule has 2 fully saturated rings. The lowest BCUT2D eigenvalue weighted by atomic mass is 9.45. The van der Waals surface area contributed by atoms with Crippen LogP contribution in [0.15, 0.2) is 24.8 Å². The van der Waals surface area contributed by atoms with Crippen molar-refractivity contribution in [3.63, 3.8) is 0 Å². The van der Waals surface area contributed by atoms with E-state index < -0.39 is 8.32 Å². The summed E-state index contributed by atoms with van der Waals surface area (Å²) >= 11 is 0. The van der Waals surface area contributed by atoms with Crippen LogP contribution in [0.2, 0.25) is 18.1 Å². The zero-order chi connectivity index (χ0) is 19.6. The second-order valence-corrected chi connectivity index (χ2v) is 14.8. The molecule has 0 aromatic carbocycles. The summed E-state index contributed by atoms with van der Waals surface area (Å²) in [7, 11) is -1.61. The number of unbranched alkanes of at least 4 members (excludes halogenated alkanes) is 1. The molecule has 1 saturated carbocycles. The number of hydrogen-bond acceptors (Lipinski definition) is 2. The highest BCUT2D eigenvalue weighted by molar-refractivity contribution is 6.74. The lowest BCUT2D eigenvalue weighted by Crippen LogP contribution is -2.56. The molecule has 0 spiro atoms. The molecule has 1 unspecified atom stereocenters. The summed E-state index contributed by atoms with van der Waals surface area (Å²) in [6.07, 6.45) is 12.1. The van der Waals surface area contributed by atoms with E-state index >= 15 is 0 Å². The highest BCUT2D eigenvalue weighted by atomic mass is 28.4. The molecule has 2 nitrogen and oxygen atoms in total. The van der Waals surface area contributed by atoms with Crippen molar-refractivity contribution in [2.75, 3.05) is 13.2 Å². The molecule has 1 aliphatic heterocycles. The first-order valence-corrected chi connectivity index (χ1v) is 13.6. The van der Waals surface area contributed by atoms with Gasteiger partial charge in [0, 0.05) is 12.0 Å². The van der Waals surface area contributed by atoms with E-state index in [1.54, 1.807) is 0 Å².